The molecule has 3 rings (SSSR count). The van der Waals surface area contributed by atoms with Gasteiger partial charge >= 0.3 is 0 Å². The maximum atomic E-state index is 4.53. The maximum absolute atomic E-state index is 4.53. The summed E-state index contributed by atoms with van der Waals surface area (Å²) in [6.45, 7) is 3.94. The van der Waals surface area contributed by atoms with E-state index in [1.165, 1.54) is 0 Å². The predicted octanol–water partition coefficient (Wildman–Crippen LogP) is 1.66. The van der Waals surface area contributed by atoms with Gasteiger partial charge in [0.1, 0.15) is 11.6 Å². The van der Waals surface area contributed by atoms with Crippen molar-refractivity contribution in [3.8, 4) is 0 Å². The lowest BCUT2D eigenvalue weighted by molar-refractivity contribution is 0.521. The summed E-state index contributed by atoms with van der Waals surface area (Å²) in [6.07, 6.45) is 7.43. The van der Waals surface area contributed by atoms with E-state index in [-0.39, 0.29) is 0 Å². The van der Waals surface area contributed by atoms with Crippen molar-refractivity contribution >= 4 is 11.6 Å². The summed E-state index contributed by atoms with van der Waals surface area (Å²) in [5.74, 6) is 1.82. The van der Waals surface area contributed by atoms with Crippen LogP contribution in [-0.2, 0) is 0 Å². The third-order valence-electron chi connectivity index (χ3n) is 3.49. The Labute approximate surface area is 118 Å². The molecule has 2 aromatic rings. The third kappa shape index (κ3) is 3.01. The van der Waals surface area contributed by atoms with Gasteiger partial charge in [0.15, 0.2) is 0 Å². The van der Waals surface area contributed by atoms with Crippen molar-refractivity contribution in [2.45, 2.75) is 25.8 Å². The number of aryl methyl sites for hydroxylation is 1. The molecule has 0 spiro atoms. The SMILES string of the molecule is Cc1cncc(N2CCC(Nc3cccnn3)CC2)n1. The molecule has 0 radical (unpaired) electrons. The Morgan fingerprint density at radius 3 is 2.80 bits per heavy atom. The molecule has 2 aromatic heterocycles. The Balaban J connectivity index is 1.57. The average Bonchev–Trinajstić information content (AvgIpc) is 2.49. The van der Waals surface area contributed by atoms with Crippen LogP contribution in [0, 0.1) is 6.92 Å². The fraction of sp³-hybridized carbons (Fsp3) is 0.429. The van der Waals surface area contributed by atoms with Crippen LogP contribution in [0.25, 0.3) is 0 Å². The summed E-state index contributed by atoms with van der Waals surface area (Å²) < 4.78 is 0. The number of nitrogens with zero attached hydrogens (tertiary/aromatic N) is 5. The molecule has 6 nitrogen and oxygen atoms in total. The van der Waals surface area contributed by atoms with Crippen molar-refractivity contribution < 1.29 is 0 Å². The lowest BCUT2D eigenvalue weighted by Crippen LogP contribution is -2.39. The van der Waals surface area contributed by atoms with Gasteiger partial charge in [0.2, 0.25) is 0 Å². The van der Waals surface area contributed by atoms with Gasteiger partial charge in [-0.15, -0.1) is 5.10 Å². The van der Waals surface area contributed by atoms with Gasteiger partial charge in [-0.3, -0.25) is 4.98 Å². The molecule has 0 amide bonds. The molecule has 0 unspecified atom stereocenters. The number of piperidine rings is 1. The molecule has 0 bridgehead atoms. The zero-order valence-corrected chi connectivity index (χ0v) is 11.5. The van der Waals surface area contributed by atoms with Gasteiger partial charge in [0, 0.05) is 31.5 Å². The van der Waals surface area contributed by atoms with E-state index in [0.29, 0.717) is 6.04 Å². The van der Waals surface area contributed by atoms with E-state index in [4.69, 9.17) is 0 Å². The van der Waals surface area contributed by atoms with E-state index in [1.807, 2.05) is 25.3 Å². The second-order valence-electron chi connectivity index (χ2n) is 5.03. The minimum absolute atomic E-state index is 0.445. The Morgan fingerprint density at radius 1 is 1.25 bits per heavy atom. The third-order valence-corrected chi connectivity index (χ3v) is 3.49. The predicted molar refractivity (Wildman–Crippen MR) is 77.7 cm³/mol. The highest BCUT2D eigenvalue weighted by Crippen LogP contribution is 2.19. The van der Waals surface area contributed by atoms with Gasteiger partial charge in [0.25, 0.3) is 0 Å². The van der Waals surface area contributed by atoms with Crippen molar-refractivity contribution in [2.24, 2.45) is 0 Å². The summed E-state index contributed by atoms with van der Waals surface area (Å²) in [6, 6.07) is 4.29. The Kier molecular flexibility index (Phi) is 3.71. The van der Waals surface area contributed by atoms with Crippen LogP contribution >= 0.6 is 0 Å². The molecule has 1 aliphatic heterocycles. The van der Waals surface area contributed by atoms with Crippen LogP contribution < -0.4 is 10.2 Å². The standard InChI is InChI=1S/C14H18N6/c1-11-9-15-10-14(17-11)20-7-4-12(5-8-20)18-13-3-2-6-16-19-13/h2-3,6,9-10,12H,4-5,7-8H2,1H3,(H,18,19). The van der Waals surface area contributed by atoms with E-state index in [0.717, 1.165) is 43.3 Å². The molecule has 104 valence electrons. The van der Waals surface area contributed by atoms with Gasteiger partial charge in [-0.2, -0.15) is 5.10 Å². The summed E-state index contributed by atoms with van der Waals surface area (Å²) >= 11 is 0. The van der Waals surface area contributed by atoms with Crippen LogP contribution in [-0.4, -0.2) is 39.3 Å². The summed E-state index contributed by atoms with van der Waals surface area (Å²) in [5, 5.41) is 11.4. The molecule has 0 atom stereocenters. The van der Waals surface area contributed by atoms with E-state index < -0.39 is 0 Å². The van der Waals surface area contributed by atoms with Gasteiger partial charge in [-0.25, -0.2) is 4.98 Å². The largest absolute Gasteiger partial charge is 0.366 e. The Hall–Kier alpha value is -2.24. The highest BCUT2D eigenvalue weighted by atomic mass is 15.2. The van der Waals surface area contributed by atoms with Crippen molar-refractivity contribution in [1.82, 2.24) is 20.2 Å². The zero-order chi connectivity index (χ0) is 13.8. The molecule has 1 aliphatic rings. The normalized spacial score (nSPS) is 16.1. The van der Waals surface area contributed by atoms with Crippen LogP contribution in [0.1, 0.15) is 18.5 Å². The minimum Gasteiger partial charge on any atom is -0.366 e. The quantitative estimate of drug-likeness (QED) is 0.915. The molecule has 1 fully saturated rings. The molecule has 0 aromatic carbocycles. The van der Waals surface area contributed by atoms with E-state index in [1.54, 1.807) is 12.4 Å². The molecule has 3 heterocycles. The molecule has 20 heavy (non-hydrogen) atoms. The lowest BCUT2D eigenvalue weighted by Gasteiger charge is -2.33. The van der Waals surface area contributed by atoms with Gasteiger partial charge in [-0.05, 0) is 31.9 Å². The first-order valence-corrected chi connectivity index (χ1v) is 6.89. The van der Waals surface area contributed by atoms with Crippen LogP contribution in [0.5, 0.6) is 0 Å². The van der Waals surface area contributed by atoms with E-state index >= 15 is 0 Å². The first kappa shape index (κ1) is 12.8. The summed E-state index contributed by atoms with van der Waals surface area (Å²) in [4.78, 5) is 11.0. The first-order chi connectivity index (χ1) is 9.81. The van der Waals surface area contributed by atoms with Gasteiger partial charge in [-0.1, -0.05) is 0 Å². The van der Waals surface area contributed by atoms with Crippen molar-refractivity contribution in [1.29, 1.82) is 0 Å². The van der Waals surface area contributed by atoms with Crippen molar-refractivity contribution in [2.75, 3.05) is 23.3 Å². The number of aromatic nitrogens is 4. The number of hydrogen-bond acceptors (Lipinski definition) is 6. The van der Waals surface area contributed by atoms with Crippen LogP contribution in [0.15, 0.2) is 30.7 Å². The molecule has 1 N–H and O–H groups in total. The van der Waals surface area contributed by atoms with E-state index in [9.17, 15) is 0 Å². The number of hydrogen-bond donors (Lipinski definition) is 1. The molecule has 6 heteroatoms. The van der Waals surface area contributed by atoms with Gasteiger partial charge in [0.05, 0.1) is 11.9 Å². The topological polar surface area (TPSA) is 66.8 Å². The monoisotopic (exact) mass is 270 g/mol. The number of anilines is 2. The highest BCUT2D eigenvalue weighted by molar-refractivity contribution is 5.38. The maximum Gasteiger partial charge on any atom is 0.148 e. The number of rotatable bonds is 3. The molecular formula is C14H18N6. The van der Waals surface area contributed by atoms with Crippen molar-refractivity contribution in [3.05, 3.63) is 36.4 Å². The second-order valence-corrected chi connectivity index (χ2v) is 5.03. The lowest BCUT2D eigenvalue weighted by atomic mass is 10.1. The van der Waals surface area contributed by atoms with Gasteiger partial charge < -0.3 is 10.2 Å². The fourth-order valence-electron chi connectivity index (χ4n) is 2.44. The van der Waals surface area contributed by atoms with Crippen LogP contribution in [0.2, 0.25) is 0 Å². The fourth-order valence-corrected chi connectivity index (χ4v) is 2.44. The highest BCUT2D eigenvalue weighted by Gasteiger charge is 2.20. The molecule has 1 saturated heterocycles. The smallest absolute Gasteiger partial charge is 0.148 e. The Bertz CT molecular complexity index is 551. The van der Waals surface area contributed by atoms with Crippen LogP contribution in [0.4, 0.5) is 11.6 Å². The molecule has 0 aliphatic carbocycles. The Morgan fingerprint density at radius 2 is 2.10 bits per heavy atom. The van der Waals surface area contributed by atoms with Crippen LogP contribution in [0.3, 0.4) is 0 Å². The minimum atomic E-state index is 0.445. The van der Waals surface area contributed by atoms with E-state index in [2.05, 4.69) is 30.4 Å². The summed E-state index contributed by atoms with van der Waals surface area (Å²) in [5.41, 5.74) is 0.960. The second kappa shape index (κ2) is 5.81. The first-order valence-electron chi connectivity index (χ1n) is 6.89. The average molecular weight is 270 g/mol. The van der Waals surface area contributed by atoms with Crippen molar-refractivity contribution in [3.63, 3.8) is 0 Å². The molecular weight excluding hydrogens is 252 g/mol. The number of nitrogens with one attached hydrogen (secondary N) is 1. The zero-order valence-electron chi connectivity index (χ0n) is 11.5. The molecule has 0 saturated carbocycles. The summed E-state index contributed by atoms with van der Waals surface area (Å²) in [7, 11) is 0.